The van der Waals surface area contributed by atoms with Crippen LogP contribution in [0.3, 0.4) is 0 Å². The van der Waals surface area contributed by atoms with Crippen LogP contribution < -0.4 is 0 Å². The van der Waals surface area contributed by atoms with E-state index in [1.54, 1.807) is 0 Å². The third kappa shape index (κ3) is 4.22. The van der Waals surface area contributed by atoms with Crippen molar-refractivity contribution in [2.75, 3.05) is 0 Å². The normalized spacial score (nSPS) is 10.4. The van der Waals surface area contributed by atoms with Gasteiger partial charge in [0.15, 0.2) is 0 Å². The number of aromatic nitrogens is 1. The molecule has 0 aliphatic rings. The number of benzene rings is 3. The topological polar surface area (TPSA) is 32.9 Å². The second kappa shape index (κ2) is 8.08. The fourth-order valence-corrected chi connectivity index (χ4v) is 3.19. The molecule has 1 heterocycles. The average molecular weight is 351 g/mol. The van der Waals surface area contributed by atoms with Gasteiger partial charge in [0.05, 0.1) is 0 Å². The molecule has 24 heavy (non-hydrogen) atoms. The van der Waals surface area contributed by atoms with E-state index in [1.165, 1.54) is 33.6 Å². The summed E-state index contributed by atoms with van der Waals surface area (Å²) in [7, 11) is 0. The number of H-pyrrole nitrogens is 1. The van der Waals surface area contributed by atoms with Crippen LogP contribution in [0.15, 0.2) is 78.9 Å². The first-order chi connectivity index (χ1) is 11.7. The van der Waals surface area contributed by atoms with Crippen LogP contribution in [-0.2, 0) is 5.75 Å². The summed E-state index contributed by atoms with van der Waals surface area (Å²) < 4.78 is -0.131. The number of para-hydroxylation sites is 2. The fourth-order valence-electron chi connectivity index (χ4n) is 2.52. The van der Waals surface area contributed by atoms with E-state index in [9.17, 15) is 4.79 Å². The molecule has 0 unspecified atom stereocenters. The number of aromatic amines is 1. The lowest BCUT2D eigenvalue weighted by Crippen LogP contribution is -1.80. The van der Waals surface area contributed by atoms with Crippen molar-refractivity contribution in [2.24, 2.45) is 0 Å². The SMILES string of the molecule is O=C(S)SCc1ccccc1.c1ccc2c(c1)[nH]c1ccccc12. The van der Waals surface area contributed by atoms with Gasteiger partial charge in [-0.2, -0.15) is 0 Å². The Bertz CT molecular complexity index is 897. The van der Waals surface area contributed by atoms with Crippen molar-refractivity contribution in [3.05, 3.63) is 84.4 Å². The number of rotatable bonds is 2. The second-order valence-corrected chi connectivity index (χ2v) is 6.91. The van der Waals surface area contributed by atoms with Gasteiger partial charge >= 0.3 is 0 Å². The van der Waals surface area contributed by atoms with Gasteiger partial charge in [0.1, 0.15) is 0 Å². The third-order valence-electron chi connectivity index (χ3n) is 3.62. The Kier molecular flexibility index (Phi) is 5.62. The Balaban J connectivity index is 0.000000144. The van der Waals surface area contributed by atoms with Crippen LogP contribution in [0.1, 0.15) is 5.56 Å². The summed E-state index contributed by atoms with van der Waals surface area (Å²) >= 11 is 4.86. The maximum atomic E-state index is 10.4. The molecule has 0 fully saturated rings. The van der Waals surface area contributed by atoms with Crippen molar-refractivity contribution in [1.29, 1.82) is 0 Å². The molecular weight excluding hydrogens is 334 g/mol. The third-order valence-corrected chi connectivity index (χ3v) is 4.73. The van der Waals surface area contributed by atoms with Gasteiger partial charge in [-0.15, -0.1) is 0 Å². The Labute approximate surface area is 150 Å². The number of thioether (sulfide) groups is 1. The monoisotopic (exact) mass is 351 g/mol. The maximum absolute atomic E-state index is 10.4. The molecule has 120 valence electrons. The molecule has 3 aromatic carbocycles. The van der Waals surface area contributed by atoms with Gasteiger partial charge in [-0.3, -0.25) is 4.79 Å². The minimum absolute atomic E-state index is 0.131. The van der Waals surface area contributed by atoms with Crippen molar-refractivity contribution < 1.29 is 4.79 Å². The summed E-state index contributed by atoms with van der Waals surface area (Å²) in [4.78, 5) is 13.8. The van der Waals surface area contributed by atoms with E-state index < -0.39 is 0 Å². The quantitative estimate of drug-likeness (QED) is 0.416. The number of nitrogens with one attached hydrogen (secondary N) is 1. The van der Waals surface area contributed by atoms with Gasteiger partial charge in [-0.05, 0) is 17.7 Å². The lowest BCUT2D eigenvalue weighted by molar-refractivity contribution is 0.277. The largest absolute Gasteiger partial charge is 0.355 e. The zero-order chi connectivity index (χ0) is 16.8. The van der Waals surface area contributed by atoms with Crippen molar-refractivity contribution >= 4 is 50.6 Å². The molecule has 0 bridgehead atoms. The van der Waals surface area contributed by atoms with Gasteiger partial charge in [-0.25, -0.2) is 0 Å². The first-order valence-electron chi connectivity index (χ1n) is 7.59. The van der Waals surface area contributed by atoms with E-state index in [0.29, 0.717) is 5.75 Å². The summed E-state index contributed by atoms with van der Waals surface area (Å²) in [5.41, 5.74) is 3.58. The smallest absolute Gasteiger partial charge is 0.243 e. The Morgan fingerprint density at radius 3 is 1.83 bits per heavy atom. The molecule has 4 rings (SSSR count). The standard InChI is InChI=1S/C12H9N.C8H8OS2/c1-3-7-11-9(5-1)10-6-2-4-8-12(10)13-11;9-8(10)11-6-7-4-2-1-3-5-7/h1-8,13H;1-5H,6H2,(H,9,10). The summed E-state index contributed by atoms with van der Waals surface area (Å²) in [6.07, 6.45) is 0. The van der Waals surface area contributed by atoms with Crippen LogP contribution in [0.2, 0.25) is 0 Å². The molecule has 4 heteroatoms. The second-order valence-electron chi connectivity index (χ2n) is 5.26. The number of carbonyl (C=O) groups is 1. The molecule has 0 aliphatic heterocycles. The first kappa shape index (κ1) is 16.7. The molecule has 1 aromatic heterocycles. The van der Waals surface area contributed by atoms with Crippen LogP contribution in [0, 0.1) is 0 Å². The van der Waals surface area contributed by atoms with Crippen molar-refractivity contribution in [2.45, 2.75) is 5.75 Å². The Hall–Kier alpha value is -2.17. The lowest BCUT2D eigenvalue weighted by Gasteiger charge is -1.95. The highest BCUT2D eigenvalue weighted by atomic mass is 32.2. The molecule has 0 amide bonds. The summed E-state index contributed by atoms with van der Waals surface area (Å²) in [5.74, 6) is 0.711. The number of fused-ring (bicyclic) bond motifs is 3. The highest BCUT2D eigenvalue weighted by Crippen LogP contribution is 2.24. The zero-order valence-electron chi connectivity index (χ0n) is 13.0. The minimum atomic E-state index is -0.131. The molecule has 0 saturated carbocycles. The zero-order valence-corrected chi connectivity index (χ0v) is 14.7. The van der Waals surface area contributed by atoms with Crippen LogP contribution in [-0.4, -0.2) is 9.43 Å². The summed E-state index contributed by atoms with van der Waals surface area (Å²) in [6.45, 7) is 0. The van der Waals surface area contributed by atoms with Crippen LogP contribution in [0.5, 0.6) is 0 Å². The average Bonchev–Trinajstić information content (AvgIpc) is 3.00. The van der Waals surface area contributed by atoms with Gasteiger partial charge < -0.3 is 4.98 Å². The van der Waals surface area contributed by atoms with Gasteiger partial charge in [0.25, 0.3) is 0 Å². The molecule has 0 spiro atoms. The van der Waals surface area contributed by atoms with E-state index in [0.717, 1.165) is 5.56 Å². The predicted molar refractivity (Wildman–Crippen MR) is 108 cm³/mol. The maximum Gasteiger partial charge on any atom is 0.243 e. The van der Waals surface area contributed by atoms with Crippen LogP contribution in [0.25, 0.3) is 21.8 Å². The fraction of sp³-hybridized carbons (Fsp3) is 0.0500. The van der Waals surface area contributed by atoms with Gasteiger partial charge in [0.2, 0.25) is 4.45 Å². The van der Waals surface area contributed by atoms with Crippen molar-refractivity contribution in [1.82, 2.24) is 4.98 Å². The highest BCUT2D eigenvalue weighted by Gasteiger charge is 2.00. The Morgan fingerprint density at radius 2 is 1.29 bits per heavy atom. The van der Waals surface area contributed by atoms with E-state index in [-0.39, 0.29) is 4.45 Å². The lowest BCUT2D eigenvalue weighted by atomic mass is 10.2. The molecule has 4 aromatic rings. The van der Waals surface area contributed by atoms with Crippen LogP contribution in [0.4, 0.5) is 4.79 Å². The van der Waals surface area contributed by atoms with Crippen molar-refractivity contribution in [3.8, 4) is 0 Å². The molecular formula is C20H17NOS2. The first-order valence-corrected chi connectivity index (χ1v) is 9.02. The molecule has 0 atom stereocenters. The molecule has 2 nitrogen and oxygen atoms in total. The van der Waals surface area contributed by atoms with Crippen molar-refractivity contribution in [3.63, 3.8) is 0 Å². The highest BCUT2D eigenvalue weighted by molar-refractivity contribution is 8.31. The Morgan fingerprint density at radius 1 is 0.792 bits per heavy atom. The van der Waals surface area contributed by atoms with E-state index in [1.807, 2.05) is 30.3 Å². The number of carbonyl (C=O) groups excluding carboxylic acids is 1. The molecule has 0 radical (unpaired) electrons. The summed E-state index contributed by atoms with van der Waals surface area (Å²) in [6, 6.07) is 26.6. The number of thiol groups is 1. The predicted octanol–water partition coefficient (Wildman–Crippen LogP) is 6.29. The van der Waals surface area contributed by atoms with Crippen LogP contribution >= 0.6 is 24.4 Å². The van der Waals surface area contributed by atoms with Gasteiger partial charge in [0, 0.05) is 27.6 Å². The number of hydrogen-bond acceptors (Lipinski definition) is 2. The molecule has 0 saturated heterocycles. The summed E-state index contributed by atoms with van der Waals surface area (Å²) in [5, 5.41) is 2.61. The molecule has 0 aliphatic carbocycles. The number of hydrogen-bond donors (Lipinski definition) is 2. The van der Waals surface area contributed by atoms with E-state index >= 15 is 0 Å². The van der Waals surface area contributed by atoms with Gasteiger partial charge in [-0.1, -0.05) is 91.1 Å². The minimum Gasteiger partial charge on any atom is -0.355 e. The molecule has 1 N–H and O–H groups in total. The van der Waals surface area contributed by atoms with E-state index in [2.05, 4.69) is 66.1 Å². The van der Waals surface area contributed by atoms with E-state index in [4.69, 9.17) is 0 Å².